The quantitative estimate of drug-likeness (QED) is 0.727. The van der Waals surface area contributed by atoms with E-state index in [1.165, 1.54) is 44.9 Å². The molecule has 0 aromatic heterocycles. The fraction of sp³-hybridized carbons (Fsp3) is 1.00. The van der Waals surface area contributed by atoms with Crippen LogP contribution in [0.1, 0.15) is 44.9 Å². The molecule has 1 saturated carbocycles. The summed E-state index contributed by atoms with van der Waals surface area (Å²) in [7, 11) is 1.66. The monoisotopic (exact) mass is 285 g/mol. The Labute approximate surface area is 123 Å². The molecule has 0 radical (unpaired) electrons. The van der Waals surface area contributed by atoms with Crippen LogP contribution in [0.15, 0.2) is 0 Å². The van der Waals surface area contributed by atoms with E-state index in [9.17, 15) is 5.11 Å². The number of aliphatic hydroxyl groups excluding tert-OH is 1. The molecule has 4 heteroatoms. The number of aliphatic hydroxyl groups is 1. The molecule has 1 saturated heterocycles. The average Bonchev–Trinajstić information content (AvgIpc) is 2.47. The van der Waals surface area contributed by atoms with E-state index in [1.807, 2.05) is 0 Å². The van der Waals surface area contributed by atoms with Gasteiger partial charge < -0.3 is 19.5 Å². The number of hydrogen-bond donors (Lipinski definition) is 1. The second-order valence-electron chi connectivity index (χ2n) is 6.58. The molecule has 2 fully saturated rings. The summed E-state index contributed by atoms with van der Waals surface area (Å²) >= 11 is 0. The van der Waals surface area contributed by atoms with E-state index in [-0.39, 0.29) is 6.10 Å². The number of methoxy groups -OCH3 is 1. The fourth-order valence-corrected chi connectivity index (χ4v) is 3.72. The Hall–Kier alpha value is -0.160. The minimum atomic E-state index is -0.368. The van der Waals surface area contributed by atoms with Crippen molar-refractivity contribution in [2.45, 2.75) is 51.0 Å². The predicted octanol–water partition coefficient (Wildman–Crippen LogP) is 2.06. The summed E-state index contributed by atoms with van der Waals surface area (Å²) in [6.45, 7) is 4.63. The first-order valence-corrected chi connectivity index (χ1v) is 8.21. The summed E-state index contributed by atoms with van der Waals surface area (Å²) in [4.78, 5) is 2.41. The summed E-state index contributed by atoms with van der Waals surface area (Å²) in [5.41, 5.74) is 0.647. The van der Waals surface area contributed by atoms with Crippen molar-refractivity contribution in [3.63, 3.8) is 0 Å². The van der Waals surface area contributed by atoms with E-state index >= 15 is 0 Å². The van der Waals surface area contributed by atoms with Gasteiger partial charge in [-0.05, 0) is 44.2 Å². The maximum absolute atomic E-state index is 10.00. The molecule has 0 amide bonds. The van der Waals surface area contributed by atoms with E-state index in [1.54, 1.807) is 7.11 Å². The highest BCUT2D eigenvalue weighted by atomic mass is 16.5. The molecular formula is C16H31NO3. The Morgan fingerprint density at radius 3 is 2.40 bits per heavy atom. The van der Waals surface area contributed by atoms with Gasteiger partial charge in [0.15, 0.2) is 0 Å². The fourth-order valence-electron chi connectivity index (χ4n) is 3.72. The highest BCUT2D eigenvalue weighted by Gasteiger charge is 2.35. The third-order valence-corrected chi connectivity index (χ3v) is 5.04. The molecular weight excluding hydrogens is 254 g/mol. The molecule has 0 aromatic carbocycles. The number of rotatable bonds is 7. The molecule has 1 heterocycles. The number of nitrogens with zero attached hydrogens (tertiary/aromatic N) is 1. The zero-order valence-electron chi connectivity index (χ0n) is 13.0. The molecule has 118 valence electrons. The molecule has 4 nitrogen and oxygen atoms in total. The third-order valence-electron chi connectivity index (χ3n) is 5.04. The molecule has 0 aromatic rings. The summed E-state index contributed by atoms with van der Waals surface area (Å²) in [6.07, 6.45) is 9.43. The van der Waals surface area contributed by atoms with Crippen LogP contribution in [0.3, 0.4) is 0 Å². The summed E-state index contributed by atoms with van der Waals surface area (Å²) in [5, 5.41) is 10.00. The SMILES string of the molecule is COCCOCC(O)CN1CCC2(CCCCC2)CC1. The first-order valence-electron chi connectivity index (χ1n) is 8.21. The van der Waals surface area contributed by atoms with Gasteiger partial charge in [-0.15, -0.1) is 0 Å². The standard InChI is InChI=1S/C16H31NO3/c1-19-11-12-20-14-15(18)13-17-9-7-16(8-10-17)5-3-2-4-6-16/h15,18H,2-14H2,1H3. The second-order valence-corrected chi connectivity index (χ2v) is 6.58. The molecule has 1 unspecified atom stereocenters. The van der Waals surface area contributed by atoms with Gasteiger partial charge in [-0.1, -0.05) is 19.3 Å². The maximum Gasteiger partial charge on any atom is 0.0900 e. The zero-order chi connectivity index (χ0) is 14.3. The Kier molecular flexibility index (Phi) is 6.75. The van der Waals surface area contributed by atoms with Gasteiger partial charge in [-0.25, -0.2) is 0 Å². The van der Waals surface area contributed by atoms with Crippen molar-refractivity contribution < 1.29 is 14.6 Å². The molecule has 0 bridgehead atoms. The lowest BCUT2D eigenvalue weighted by molar-refractivity contribution is -0.0135. The predicted molar refractivity (Wildman–Crippen MR) is 79.9 cm³/mol. The van der Waals surface area contributed by atoms with E-state index in [4.69, 9.17) is 9.47 Å². The van der Waals surface area contributed by atoms with Crippen molar-refractivity contribution in [2.75, 3.05) is 46.6 Å². The van der Waals surface area contributed by atoms with Crippen molar-refractivity contribution in [3.8, 4) is 0 Å². The Morgan fingerprint density at radius 2 is 1.75 bits per heavy atom. The van der Waals surface area contributed by atoms with E-state index < -0.39 is 0 Å². The van der Waals surface area contributed by atoms with Crippen molar-refractivity contribution in [3.05, 3.63) is 0 Å². The van der Waals surface area contributed by atoms with Gasteiger partial charge in [0.1, 0.15) is 0 Å². The van der Waals surface area contributed by atoms with E-state index in [0.29, 0.717) is 25.2 Å². The molecule has 2 aliphatic rings. The van der Waals surface area contributed by atoms with E-state index in [2.05, 4.69) is 4.90 Å². The van der Waals surface area contributed by atoms with Crippen LogP contribution >= 0.6 is 0 Å². The minimum absolute atomic E-state index is 0.368. The van der Waals surface area contributed by atoms with E-state index in [0.717, 1.165) is 19.6 Å². The molecule has 1 atom stereocenters. The number of ether oxygens (including phenoxy) is 2. The maximum atomic E-state index is 10.00. The van der Waals surface area contributed by atoms with Crippen LogP contribution in [-0.4, -0.2) is 62.7 Å². The van der Waals surface area contributed by atoms with Gasteiger partial charge >= 0.3 is 0 Å². The van der Waals surface area contributed by atoms with Gasteiger partial charge in [0.2, 0.25) is 0 Å². The normalized spacial score (nSPS) is 24.9. The topological polar surface area (TPSA) is 41.9 Å². The Balaban J connectivity index is 1.61. The highest BCUT2D eigenvalue weighted by molar-refractivity contribution is 4.88. The lowest BCUT2D eigenvalue weighted by Crippen LogP contribution is -2.44. The summed E-state index contributed by atoms with van der Waals surface area (Å²) in [6, 6.07) is 0. The third kappa shape index (κ3) is 4.99. The van der Waals surface area contributed by atoms with Gasteiger partial charge in [0.25, 0.3) is 0 Å². The number of hydrogen-bond acceptors (Lipinski definition) is 4. The first kappa shape index (κ1) is 16.2. The Morgan fingerprint density at radius 1 is 1.05 bits per heavy atom. The number of β-amino-alcohol motifs (C(OH)–C–C–N with tert-alkyl or cyclic N) is 1. The molecule has 1 aliphatic heterocycles. The lowest BCUT2D eigenvalue weighted by Gasteiger charge is -2.44. The summed E-state index contributed by atoms with van der Waals surface area (Å²) in [5.74, 6) is 0. The molecule has 20 heavy (non-hydrogen) atoms. The van der Waals surface area contributed by atoms with Crippen LogP contribution in [-0.2, 0) is 9.47 Å². The molecule has 2 rings (SSSR count). The number of piperidine rings is 1. The second kappa shape index (κ2) is 8.32. The zero-order valence-corrected chi connectivity index (χ0v) is 13.0. The minimum Gasteiger partial charge on any atom is -0.389 e. The van der Waals surface area contributed by atoms with Crippen LogP contribution in [0.5, 0.6) is 0 Å². The van der Waals surface area contributed by atoms with Gasteiger partial charge in [0.05, 0.1) is 25.9 Å². The van der Waals surface area contributed by atoms with Crippen molar-refractivity contribution in [2.24, 2.45) is 5.41 Å². The smallest absolute Gasteiger partial charge is 0.0900 e. The van der Waals surface area contributed by atoms with Crippen LogP contribution in [0.2, 0.25) is 0 Å². The number of likely N-dealkylation sites (tertiary alicyclic amines) is 1. The van der Waals surface area contributed by atoms with Crippen LogP contribution < -0.4 is 0 Å². The molecule has 1 N–H and O–H groups in total. The van der Waals surface area contributed by atoms with Crippen molar-refractivity contribution >= 4 is 0 Å². The molecule has 1 spiro atoms. The van der Waals surface area contributed by atoms with Crippen LogP contribution in [0.25, 0.3) is 0 Å². The van der Waals surface area contributed by atoms with Crippen LogP contribution in [0.4, 0.5) is 0 Å². The highest BCUT2D eigenvalue weighted by Crippen LogP contribution is 2.44. The van der Waals surface area contributed by atoms with Crippen LogP contribution in [0, 0.1) is 5.41 Å². The van der Waals surface area contributed by atoms with Gasteiger partial charge in [-0.3, -0.25) is 0 Å². The Bertz CT molecular complexity index is 256. The average molecular weight is 285 g/mol. The largest absolute Gasteiger partial charge is 0.389 e. The first-order chi connectivity index (χ1) is 9.74. The van der Waals surface area contributed by atoms with Gasteiger partial charge in [-0.2, -0.15) is 0 Å². The lowest BCUT2D eigenvalue weighted by atomic mass is 9.68. The summed E-state index contributed by atoms with van der Waals surface area (Å²) < 4.78 is 10.3. The van der Waals surface area contributed by atoms with Crippen molar-refractivity contribution in [1.29, 1.82) is 0 Å². The van der Waals surface area contributed by atoms with Crippen molar-refractivity contribution in [1.82, 2.24) is 4.90 Å². The molecule has 1 aliphatic carbocycles. The van der Waals surface area contributed by atoms with Gasteiger partial charge in [0, 0.05) is 13.7 Å².